The first-order valence-corrected chi connectivity index (χ1v) is 9.39. The lowest BCUT2D eigenvalue weighted by Crippen LogP contribution is -2.47. The molecule has 1 atom stereocenters. The first kappa shape index (κ1) is 19.6. The molecule has 148 valence electrons. The zero-order valence-corrected chi connectivity index (χ0v) is 16.2. The second-order valence-corrected chi connectivity index (χ2v) is 6.55. The topological polar surface area (TPSA) is 106 Å². The Morgan fingerprint density at radius 3 is 2.79 bits per heavy atom. The molecule has 4 N–H and O–H groups in total. The van der Waals surface area contributed by atoms with Crippen LogP contribution in [0.3, 0.4) is 0 Å². The number of morpholine rings is 1. The number of hydrogen-bond donors (Lipinski definition) is 4. The summed E-state index contributed by atoms with van der Waals surface area (Å²) in [4.78, 5) is 21.6. The number of urea groups is 1. The van der Waals surface area contributed by atoms with Crippen LogP contribution in [-0.2, 0) is 4.74 Å². The number of carbonyl (C=O) groups is 1. The molecule has 8 nitrogen and oxygen atoms in total. The summed E-state index contributed by atoms with van der Waals surface area (Å²) in [6, 6.07) is 10.9. The van der Waals surface area contributed by atoms with Crippen molar-refractivity contribution < 1.29 is 9.53 Å². The fourth-order valence-electron chi connectivity index (χ4n) is 3.01. The number of amides is 2. The fraction of sp³-hybridized carbons (Fsp3) is 0.350. The molecule has 1 fully saturated rings. The van der Waals surface area contributed by atoms with Gasteiger partial charge < -0.3 is 25.3 Å². The molecule has 1 aromatic carbocycles. The zero-order valence-electron chi connectivity index (χ0n) is 16.2. The molecule has 1 aromatic heterocycles. The largest absolute Gasteiger partial charge is 0.377 e. The van der Waals surface area contributed by atoms with Gasteiger partial charge in [0, 0.05) is 30.5 Å². The predicted octanol–water partition coefficient (Wildman–Crippen LogP) is 2.65. The van der Waals surface area contributed by atoms with Crippen LogP contribution < -0.4 is 10.6 Å². The van der Waals surface area contributed by atoms with Crippen LogP contribution in [0.25, 0.3) is 0 Å². The lowest BCUT2D eigenvalue weighted by molar-refractivity contribution is 0.0335. The number of nitrogens with one attached hydrogen (secondary N) is 4. The van der Waals surface area contributed by atoms with Crippen LogP contribution in [0.15, 0.2) is 47.6 Å². The number of aliphatic imine (C=N–C) groups is 1. The molecule has 0 aliphatic carbocycles. The highest BCUT2D eigenvalue weighted by Gasteiger charge is 2.24. The van der Waals surface area contributed by atoms with Gasteiger partial charge in [0.15, 0.2) is 11.7 Å². The number of anilines is 1. The monoisotopic (exact) mass is 382 g/mol. The van der Waals surface area contributed by atoms with Crippen molar-refractivity contribution in [1.82, 2.24) is 15.2 Å². The Labute approximate surface area is 164 Å². The highest BCUT2D eigenvalue weighted by molar-refractivity contribution is 6.10. The van der Waals surface area contributed by atoms with Crippen LogP contribution in [0.2, 0.25) is 0 Å². The molecule has 0 unspecified atom stereocenters. The number of rotatable bonds is 4. The van der Waals surface area contributed by atoms with Gasteiger partial charge in [0.05, 0.1) is 24.9 Å². The number of hydrogen-bond acceptors (Lipinski definition) is 3. The van der Waals surface area contributed by atoms with Gasteiger partial charge in [-0.15, -0.1) is 0 Å². The Morgan fingerprint density at radius 1 is 1.36 bits per heavy atom. The molecular formula is C20H26N6O2. The van der Waals surface area contributed by atoms with Gasteiger partial charge >= 0.3 is 6.03 Å². The number of nitrogens with zero attached hydrogens (tertiary/aromatic N) is 2. The zero-order chi connectivity index (χ0) is 19.9. The van der Waals surface area contributed by atoms with Gasteiger partial charge in [0.2, 0.25) is 0 Å². The molecule has 0 radical (unpaired) electrons. The normalized spacial score (nSPS) is 17.3. The minimum Gasteiger partial charge on any atom is -0.377 e. The van der Waals surface area contributed by atoms with Crippen molar-refractivity contribution in [2.24, 2.45) is 4.99 Å². The van der Waals surface area contributed by atoms with E-state index in [0.717, 1.165) is 18.1 Å². The van der Waals surface area contributed by atoms with Gasteiger partial charge in [-0.05, 0) is 50.2 Å². The molecule has 8 heteroatoms. The second kappa shape index (κ2) is 9.18. The van der Waals surface area contributed by atoms with E-state index in [0.29, 0.717) is 31.0 Å². The standard InChI is InChI=1S/C20H26N6O2/c1-3-22-20(27)24-16-8-6-15(7-9-16)18(21)25-19(17-5-4-10-23-17)26-11-12-28-13-14(26)2/h4-10,14,21,23H,3,11-13H2,1-2H3,(H2,22,24,27)/t14-/m1/s1. The van der Waals surface area contributed by atoms with E-state index < -0.39 is 0 Å². The number of aromatic amines is 1. The SMILES string of the molecule is CCNC(=O)Nc1ccc(C(=N)N=C(c2ccc[nH]2)N2CCOC[C@H]2C)cc1. The molecule has 0 saturated carbocycles. The van der Waals surface area contributed by atoms with Crippen molar-refractivity contribution in [3.05, 3.63) is 53.9 Å². The van der Waals surface area contributed by atoms with E-state index in [-0.39, 0.29) is 17.9 Å². The molecule has 2 heterocycles. The average molecular weight is 382 g/mol. The molecule has 0 spiro atoms. The molecule has 1 aliphatic rings. The van der Waals surface area contributed by atoms with Crippen molar-refractivity contribution in [2.75, 3.05) is 31.6 Å². The smallest absolute Gasteiger partial charge is 0.319 e. The molecule has 2 aromatic rings. The van der Waals surface area contributed by atoms with Gasteiger partial charge in [-0.3, -0.25) is 5.41 Å². The van der Waals surface area contributed by atoms with Crippen LogP contribution in [0.4, 0.5) is 10.5 Å². The quantitative estimate of drug-likeness (QED) is 0.482. The minimum atomic E-state index is -0.251. The van der Waals surface area contributed by atoms with E-state index in [2.05, 4.69) is 32.4 Å². The van der Waals surface area contributed by atoms with Crippen LogP contribution in [0, 0.1) is 5.41 Å². The second-order valence-electron chi connectivity index (χ2n) is 6.55. The summed E-state index contributed by atoms with van der Waals surface area (Å²) in [5, 5.41) is 13.9. The van der Waals surface area contributed by atoms with Gasteiger partial charge in [0.1, 0.15) is 0 Å². The Morgan fingerprint density at radius 2 is 2.14 bits per heavy atom. The fourth-order valence-corrected chi connectivity index (χ4v) is 3.01. The van der Waals surface area contributed by atoms with E-state index in [4.69, 9.17) is 10.1 Å². The summed E-state index contributed by atoms with van der Waals surface area (Å²) in [5.74, 6) is 0.892. The maximum absolute atomic E-state index is 11.6. The minimum absolute atomic E-state index is 0.160. The summed E-state index contributed by atoms with van der Waals surface area (Å²) >= 11 is 0. The average Bonchev–Trinajstić information content (AvgIpc) is 3.22. The number of ether oxygens (including phenoxy) is 1. The summed E-state index contributed by atoms with van der Waals surface area (Å²) in [5.41, 5.74) is 2.21. The lowest BCUT2D eigenvalue weighted by Gasteiger charge is -2.35. The van der Waals surface area contributed by atoms with E-state index in [9.17, 15) is 4.79 Å². The van der Waals surface area contributed by atoms with Crippen LogP contribution >= 0.6 is 0 Å². The van der Waals surface area contributed by atoms with Crippen molar-refractivity contribution in [3.8, 4) is 0 Å². The number of carbonyl (C=O) groups excluding carboxylic acids is 1. The third kappa shape index (κ3) is 4.77. The molecule has 0 bridgehead atoms. The molecule has 1 aliphatic heterocycles. The van der Waals surface area contributed by atoms with Crippen LogP contribution in [-0.4, -0.2) is 59.9 Å². The summed E-state index contributed by atoms with van der Waals surface area (Å²) in [6.07, 6.45) is 1.85. The highest BCUT2D eigenvalue weighted by Crippen LogP contribution is 2.15. The Balaban J connectivity index is 1.80. The molecule has 1 saturated heterocycles. The van der Waals surface area contributed by atoms with Crippen LogP contribution in [0.5, 0.6) is 0 Å². The lowest BCUT2D eigenvalue weighted by atomic mass is 10.2. The van der Waals surface area contributed by atoms with Gasteiger partial charge in [-0.1, -0.05) is 0 Å². The van der Waals surface area contributed by atoms with E-state index in [1.54, 1.807) is 24.3 Å². The summed E-state index contributed by atoms with van der Waals surface area (Å²) in [7, 11) is 0. The predicted molar refractivity (Wildman–Crippen MR) is 110 cm³/mol. The van der Waals surface area contributed by atoms with Gasteiger partial charge in [0.25, 0.3) is 0 Å². The van der Waals surface area contributed by atoms with Crippen molar-refractivity contribution in [1.29, 1.82) is 5.41 Å². The first-order valence-electron chi connectivity index (χ1n) is 9.39. The molecular weight excluding hydrogens is 356 g/mol. The molecule has 3 rings (SSSR count). The third-order valence-corrected chi connectivity index (χ3v) is 4.45. The van der Waals surface area contributed by atoms with E-state index in [1.807, 2.05) is 25.3 Å². The number of benzene rings is 1. The van der Waals surface area contributed by atoms with Crippen molar-refractivity contribution in [2.45, 2.75) is 19.9 Å². The van der Waals surface area contributed by atoms with Crippen molar-refractivity contribution >= 4 is 23.4 Å². The highest BCUT2D eigenvalue weighted by atomic mass is 16.5. The van der Waals surface area contributed by atoms with Gasteiger partial charge in [-0.2, -0.15) is 0 Å². The maximum Gasteiger partial charge on any atom is 0.319 e. The first-order chi connectivity index (χ1) is 13.6. The Bertz CT molecular complexity index is 829. The van der Waals surface area contributed by atoms with E-state index in [1.165, 1.54) is 0 Å². The Kier molecular flexibility index (Phi) is 6.44. The maximum atomic E-state index is 11.6. The molecule has 2 amide bonds. The van der Waals surface area contributed by atoms with E-state index >= 15 is 0 Å². The summed E-state index contributed by atoms with van der Waals surface area (Å²) in [6.45, 7) is 6.50. The third-order valence-electron chi connectivity index (χ3n) is 4.45. The van der Waals surface area contributed by atoms with Gasteiger partial charge in [-0.25, -0.2) is 9.79 Å². The number of amidine groups is 2. The number of H-pyrrole nitrogens is 1. The number of aromatic nitrogens is 1. The summed E-state index contributed by atoms with van der Waals surface area (Å²) < 4.78 is 5.53. The van der Waals surface area contributed by atoms with Crippen molar-refractivity contribution in [3.63, 3.8) is 0 Å². The molecule has 28 heavy (non-hydrogen) atoms. The Hall–Kier alpha value is -3.13. The van der Waals surface area contributed by atoms with Crippen LogP contribution in [0.1, 0.15) is 25.1 Å².